The second kappa shape index (κ2) is 14.1. The normalized spacial score (nSPS) is 13.4. The van der Waals surface area contributed by atoms with Gasteiger partial charge in [0.15, 0.2) is 5.00 Å². The van der Waals surface area contributed by atoms with Gasteiger partial charge in [0.1, 0.15) is 5.82 Å². The van der Waals surface area contributed by atoms with Crippen molar-refractivity contribution in [3.63, 3.8) is 0 Å². The number of aryl methyl sites for hydroxylation is 1. The maximum atomic E-state index is 13.2. The zero-order chi connectivity index (χ0) is 27.1. The molecule has 0 aromatic heterocycles. The van der Waals surface area contributed by atoms with Crippen molar-refractivity contribution in [2.75, 3.05) is 0 Å². The van der Waals surface area contributed by atoms with Crippen molar-refractivity contribution in [3.05, 3.63) is 137 Å². The number of alkyl halides is 1. The quantitative estimate of drug-likeness (QED) is 0.130. The molecule has 202 valence electrons. The van der Waals surface area contributed by atoms with Gasteiger partial charge in [0.25, 0.3) is 0 Å². The Labute approximate surface area is 243 Å². The average molecular weight is 640 g/mol. The summed E-state index contributed by atoms with van der Waals surface area (Å²) in [6.45, 7) is 6.54. The molecule has 4 aromatic carbocycles. The van der Waals surface area contributed by atoms with Gasteiger partial charge < -0.3 is 5.73 Å². The van der Waals surface area contributed by atoms with E-state index in [2.05, 4.69) is 49.8 Å². The largest absolute Gasteiger partial charge is 0.321 e. The topological polar surface area (TPSA) is 72.2 Å². The molecule has 4 nitrogen and oxygen atoms in total. The van der Waals surface area contributed by atoms with Gasteiger partial charge in [-0.1, -0.05) is 116 Å². The number of halogens is 2. The van der Waals surface area contributed by atoms with E-state index in [9.17, 15) is 12.8 Å². The number of benzene rings is 4. The first-order valence-electron chi connectivity index (χ1n) is 11.9. The van der Waals surface area contributed by atoms with Gasteiger partial charge in [-0.3, -0.25) is 0 Å². The van der Waals surface area contributed by atoms with Gasteiger partial charge in [-0.2, -0.15) is 4.72 Å². The van der Waals surface area contributed by atoms with Crippen LogP contribution in [0.1, 0.15) is 48.1 Å². The van der Waals surface area contributed by atoms with Gasteiger partial charge in [-0.05, 0) is 53.8 Å². The number of nitrogens with two attached hydrogens (primary N) is 1. The van der Waals surface area contributed by atoms with Crippen LogP contribution >= 0.6 is 11.6 Å². The molecule has 0 fully saturated rings. The van der Waals surface area contributed by atoms with Crippen molar-refractivity contribution in [1.82, 2.24) is 4.72 Å². The van der Waals surface area contributed by atoms with E-state index in [1.165, 1.54) is 23.3 Å². The molecule has 4 aromatic rings. The van der Waals surface area contributed by atoms with Gasteiger partial charge in [0.2, 0.25) is 10.0 Å². The van der Waals surface area contributed by atoms with E-state index in [1.807, 2.05) is 6.07 Å². The molecule has 0 aliphatic carbocycles. The summed E-state index contributed by atoms with van der Waals surface area (Å²) >= 11 is 6.83. The molecular weight excluding hydrogens is 608 g/mol. The van der Waals surface area contributed by atoms with E-state index in [-0.39, 0.29) is 24.4 Å². The molecule has 0 spiro atoms. The first-order chi connectivity index (χ1) is 17.5. The smallest absolute Gasteiger partial charge is 0.242 e. The summed E-state index contributed by atoms with van der Waals surface area (Å²) < 4.78 is 41.5. The number of sulfonamides is 1. The van der Waals surface area contributed by atoms with Crippen molar-refractivity contribution < 1.29 is 32.3 Å². The minimum absolute atomic E-state index is 0. The van der Waals surface area contributed by atoms with Crippen LogP contribution in [0.15, 0.2) is 114 Å². The molecule has 0 aliphatic heterocycles. The second-order valence-electron chi connectivity index (χ2n) is 9.09. The SMILES string of the molecule is Cc1ccc(C(C)C)cc1.N[C@@H](c1ccccc1)[C@@](Cl)(NS(=O)(=O)c1ccc(F)cc1)c1ccccc1.[Ru]. The Balaban J connectivity index is 0.000000389. The van der Waals surface area contributed by atoms with E-state index in [0.29, 0.717) is 17.0 Å². The van der Waals surface area contributed by atoms with E-state index < -0.39 is 26.9 Å². The molecule has 3 N–H and O–H groups in total. The van der Waals surface area contributed by atoms with E-state index in [4.69, 9.17) is 17.3 Å². The van der Waals surface area contributed by atoms with Crippen LogP contribution in [0.25, 0.3) is 0 Å². The fourth-order valence-electron chi connectivity index (χ4n) is 3.69. The predicted octanol–water partition coefficient (Wildman–Crippen LogP) is 7.01. The van der Waals surface area contributed by atoms with Gasteiger partial charge in [-0.25, -0.2) is 12.8 Å². The standard InChI is InChI=1S/C20H18ClFN2O2S.C10H14.Ru/c21-20(16-9-5-2-6-10-16,19(23)15-7-3-1-4-8-15)24-27(25,26)18-13-11-17(22)12-14-18;1-8(2)10-6-4-9(3)5-7-10;/h1-14,19,24H,23H2;4-8H,1-3H3;/t19-,20-;;/m0../s1. The van der Waals surface area contributed by atoms with E-state index in [1.54, 1.807) is 54.6 Å². The van der Waals surface area contributed by atoms with Crippen LogP contribution < -0.4 is 10.5 Å². The number of nitrogens with one attached hydrogen (secondary N) is 1. The second-order valence-corrected chi connectivity index (χ2v) is 11.4. The van der Waals surface area contributed by atoms with Crippen LogP contribution in [0.4, 0.5) is 4.39 Å². The summed E-state index contributed by atoms with van der Waals surface area (Å²) in [6.07, 6.45) is 0. The fraction of sp³-hybridized carbons (Fsp3) is 0.200. The molecule has 0 aliphatic rings. The Morgan fingerprint density at radius 2 is 1.29 bits per heavy atom. The number of hydrogen-bond donors (Lipinski definition) is 2. The molecule has 0 saturated carbocycles. The summed E-state index contributed by atoms with van der Waals surface area (Å²) in [4.78, 5) is -1.75. The summed E-state index contributed by atoms with van der Waals surface area (Å²) in [5, 5.41) is 0. The molecule has 0 amide bonds. The maximum absolute atomic E-state index is 13.2. The molecule has 0 radical (unpaired) electrons. The van der Waals surface area contributed by atoms with Crippen molar-refractivity contribution >= 4 is 21.6 Å². The fourth-order valence-corrected chi connectivity index (χ4v) is 5.50. The van der Waals surface area contributed by atoms with Crippen LogP contribution in [-0.4, -0.2) is 8.42 Å². The third-order valence-electron chi connectivity index (χ3n) is 5.93. The van der Waals surface area contributed by atoms with Crippen molar-refractivity contribution in [2.45, 2.75) is 42.6 Å². The molecule has 4 rings (SSSR count). The molecular formula is C30H32ClFN2O2RuS. The van der Waals surface area contributed by atoms with Crippen LogP contribution in [0.5, 0.6) is 0 Å². The van der Waals surface area contributed by atoms with Gasteiger partial charge >= 0.3 is 0 Å². The zero-order valence-electron chi connectivity index (χ0n) is 21.5. The minimum Gasteiger partial charge on any atom is -0.321 e. The van der Waals surface area contributed by atoms with E-state index >= 15 is 0 Å². The molecule has 0 heterocycles. The predicted molar refractivity (Wildman–Crippen MR) is 149 cm³/mol. The third-order valence-corrected chi connectivity index (χ3v) is 8.08. The first kappa shape index (κ1) is 31.8. The molecule has 8 heteroatoms. The molecule has 2 atom stereocenters. The summed E-state index contributed by atoms with van der Waals surface area (Å²) in [7, 11) is -4.06. The Morgan fingerprint density at radius 3 is 1.79 bits per heavy atom. The third kappa shape index (κ3) is 8.29. The van der Waals surface area contributed by atoms with Crippen molar-refractivity contribution in [2.24, 2.45) is 5.73 Å². The van der Waals surface area contributed by atoms with Crippen LogP contribution in [0, 0.1) is 12.7 Å². The Hall–Kier alpha value is -2.41. The van der Waals surface area contributed by atoms with Gasteiger partial charge in [0.05, 0.1) is 10.9 Å². The first-order valence-corrected chi connectivity index (χ1v) is 13.8. The molecule has 0 bridgehead atoms. The Morgan fingerprint density at radius 1 is 0.789 bits per heavy atom. The molecule has 0 saturated heterocycles. The van der Waals surface area contributed by atoms with Crippen molar-refractivity contribution in [3.8, 4) is 0 Å². The van der Waals surface area contributed by atoms with Crippen LogP contribution in [-0.2, 0) is 34.5 Å². The molecule has 38 heavy (non-hydrogen) atoms. The average Bonchev–Trinajstić information content (AvgIpc) is 2.90. The van der Waals surface area contributed by atoms with Crippen LogP contribution in [0.2, 0.25) is 0 Å². The molecule has 0 unspecified atom stereocenters. The van der Waals surface area contributed by atoms with Gasteiger partial charge in [0, 0.05) is 19.5 Å². The summed E-state index contributed by atoms with van der Waals surface area (Å²) in [6, 6.07) is 30.0. The summed E-state index contributed by atoms with van der Waals surface area (Å²) in [5.74, 6) is 0.121. The minimum atomic E-state index is -4.06. The Bertz CT molecular complexity index is 1370. The maximum Gasteiger partial charge on any atom is 0.242 e. The van der Waals surface area contributed by atoms with Gasteiger partial charge in [-0.15, -0.1) is 0 Å². The van der Waals surface area contributed by atoms with Crippen molar-refractivity contribution in [1.29, 1.82) is 0 Å². The van der Waals surface area contributed by atoms with E-state index in [0.717, 1.165) is 12.1 Å². The Kier molecular flexibility index (Phi) is 11.8. The zero-order valence-corrected chi connectivity index (χ0v) is 24.8. The summed E-state index contributed by atoms with van der Waals surface area (Å²) in [5.41, 5.74) is 10.3. The monoisotopic (exact) mass is 640 g/mol. The number of rotatable bonds is 7. The number of hydrogen-bond acceptors (Lipinski definition) is 3. The van der Waals surface area contributed by atoms with Crippen LogP contribution in [0.3, 0.4) is 0 Å².